The van der Waals surface area contributed by atoms with Gasteiger partial charge in [-0.15, -0.1) is 0 Å². The van der Waals surface area contributed by atoms with E-state index >= 15 is 0 Å². The van der Waals surface area contributed by atoms with E-state index in [4.69, 9.17) is 14.2 Å². The van der Waals surface area contributed by atoms with E-state index < -0.39 is 6.29 Å². The molecule has 0 unspecified atom stereocenters. The van der Waals surface area contributed by atoms with Gasteiger partial charge in [-0.1, -0.05) is 48.5 Å². The Morgan fingerprint density at radius 3 is 2.21 bits per heavy atom. The lowest BCUT2D eigenvalue weighted by atomic mass is 9.99. The van der Waals surface area contributed by atoms with Crippen LogP contribution in [0.4, 0.5) is 5.69 Å². The number of carbonyl (C=O) groups excluding carboxylic acids is 2. The molecule has 3 heterocycles. The number of hydrogen-bond acceptors (Lipinski definition) is 7. The van der Waals surface area contributed by atoms with Crippen LogP contribution in [-0.2, 0) is 20.8 Å². The Morgan fingerprint density at radius 2 is 1.53 bits per heavy atom. The Morgan fingerprint density at radius 1 is 0.816 bits per heavy atom. The summed E-state index contributed by atoms with van der Waals surface area (Å²) < 4.78 is 18.4. The highest BCUT2D eigenvalue weighted by Crippen LogP contribution is 2.39. The summed E-state index contributed by atoms with van der Waals surface area (Å²) in [7, 11) is 0. The number of morpholine rings is 1. The molecule has 3 aromatic carbocycles. The van der Waals surface area contributed by atoms with Gasteiger partial charge in [-0.25, -0.2) is 4.90 Å². The number of hydrogen-bond donors (Lipinski definition) is 1. The standard InChI is InChI=1S/C30H30N2O6/c33-19-20-8-10-21(11-9-20)27-17-24(18-31-12-14-36-15-13-31)37-30(38-27)22-4-3-5-23(16-22)32-28(34)25-6-1-2-7-26(25)29(32)35/h1-11,16,24,27,30,33H,12-15,17-19H2/t24-,27+,30+/m1/s1. The van der Waals surface area contributed by atoms with Crippen molar-refractivity contribution >= 4 is 17.5 Å². The first-order valence-corrected chi connectivity index (χ1v) is 13.0. The number of fused-ring (bicyclic) bond motifs is 1. The molecule has 196 valence electrons. The van der Waals surface area contributed by atoms with E-state index in [9.17, 15) is 14.7 Å². The van der Waals surface area contributed by atoms with Crippen molar-refractivity contribution in [2.24, 2.45) is 0 Å². The molecular formula is C30H30N2O6. The minimum atomic E-state index is -0.674. The van der Waals surface area contributed by atoms with Crippen molar-refractivity contribution in [3.8, 4) is 0 Å². The van der Waals surface area contributed by atoms with E-state index in [1.165, 1.54) is 4.90 Å². The second kappa shape index (κ2) is 10.8. The molecule has 0 spiro atoms. The highest BCUT2D eigenvalue weighted by atomic mass is 16.7. The molecule has 2 amide bonds. The molecular weight excluding hydrogens is 484 g/mol. The molecule has 8 nitrogen and oxygen atoms in total. The molecule has 3 atom stereocenters. The molecule has 0 radical (unpaired) electrons. The van der Waals surface area contributed by atoms with E-state index in [1.807, 2.05) is 36.4 Å². The number of imide groups is 1. The second-order valence-electron chi connectivity index (χ2n) is 9.85. The molecule has 0 saturated carbocycles. The van der Waals surface area contributed by atoms with Crippen LogP contribution in [0.25, 0.3) is 0 Å². The first-order valence-electron chi connectivity index (χ1n) is 13.0. The molecule has 2 saturated heterocycles. The Kier molecular flexibility index (Phi) is 7.06. The molecule has 3 aliphatic rings. The van der Waals surface area contributed by atoms with Crippen molar-refractivity contribution in [3.63, 3.8) is 0 Å². The molecule has 6 rings (SSSR count). The van der Waals surface area contributed by atoms with E-state index in [-0.39, 0.29) is 30.6 Å². The molecule has 38 heavy (non-hydrogen) atoms. The van der Waals surface area contributed by atoms with Gasteiger partial charge >= 0.3 is 0 Å². The molecule has 3 aliphatic heterocycles. The molecule has 2 fully saturated rings. The summed E-state index contributed by atoms with van der Waals surface area (Å²) in [5, 5.41) is 9.45. The van der Waals surface area contributed by atoms with Crippen LogP contribution in [0, 0.1) is 0 Å². The average Bonchev–Trinajstić information content (AvgIpc) is 3.23. The van der Waals surface area contributed by atoms with Crippen molar-refractivity contribution in [1.82, 2.24) is 4.90 Å². The van der Waals surface area contributed by atoms with E-state index in [0.717, 1.165) is 36.3 Å². The second-order valence-corrected chi connectivity index (χ2v) is 9.85. The zero-order valence-electron chi connectivity index (χ0n) is 21.0. The summed E-state index contributed by atoms with van der Waals surface area (Å²) in [6.07, 6.45) is -0.287. The number of nitrogens with zero attached hydrogens (tertiary/aromatic N) is 2. The summed E-state index contributed by atoms with van der Waals surface area (Å²) in [6, 6.07) is 21.9. The molecule has 8 heteroatoms. The summed E-state index contributed by atoms with van der Waals surface area (Å²) >= 11 is 0. The van der Waals surface area contributed by atoms with Gasteiger partial charge in [-0.2, -0.15) is 0 Å². The van der Waals surface area contributed by atoms with Gasteiger partial charge < -0.3 is 19.3 Å². The van der Waals surface area contributed by atoms with Crippen LogP contribution >= 0.6 is 0 Å². The Bertz CT molecular complexity index is 1290. The van der Waals surface area contributed by atoms with Gasteiger partial charge in [0.15, 0.2) is 6.29 Å². The number of aliphatic hydroxyl groups excluding tert-OH is 1. The SMILES string of the molecule is O=C1c2ccccc2C(=O)N1c1cccc([C@H]2O[C@@H](CN3CCOCC3)C[C@@H](c3ccc(CO)cc3)O2)c1. The maximum atomic E-state index is 13.1. The van der Waals surface area contributed by atoms with Crippen LogP contribution in [0.1, 0.15) is 56.2 Å². The molecule has 1 N–H and O–H groups in total. The van der Waals surface area contributed by atoms with Crippen LogP contribution in [0.3, 0.4) is 0 Å². The largest absolute Gasteiger partial charge is 0.392 e. The molecule has 0 aliphatic carbocycles. The van der Waals surface area contributed by atoms with Gasteiger partial charge in [0.25, 0.3) is 11.8 Å². The maximum absolute atomic E-state index is 13.1. The lowest BCUT2D eigenvalue weighted by Crippen LogP contribution is -2.44. The Balaban J connectivity index is 1.27. The normalized spacial score (nSPS) is 24.0. The lowest BCUT2D eigenvalue weighted by molar-refractivity contribution is -0.253. The number of amides is 2. The van der Waals surface area contributed by atoms with Crippen molar-refractivity contribution < 1.29 is 28.9 Å². The molecule has 0 aromatic heterocycles. The monoisotopic (exact) mass is 514 g/mol. The minimum Gasteiger partial charge on any atom is -0.392 e. The Hall–Kier alpha value is -3.40. The first-order chi connectivity index (χ1) is 18.6. The van der Waals surface area contributed by atoms with Gasteiger partial charge in [0.1, 0.15) is 0 Å². The van der Waals surface area contributed by atoms with Crippen molar-refractivity contribution in [3.05, 3.63) is 101 Å². The molecule has 3 aromatic rings. The number of aliphatic hydroxyl groups is 1. The van der Waals surface area contributed by atoms with Crippen molar-refractivity contribution in [2.75, 3.05) is 37.7 Å². The Labute approximate surface area is 221 Å². The number of ether oxygens (including phenoxy) is 3. The molecule has 0 bridgehead atoms. The van der Waals surface area contributed by atoms with E-state index in [1.54, 1.807) is 36.4 Å². The summed E-state index contributed by atoms with van der Waals surface area (Å²) in [5.41, 5.74) is 3.90. The third-order valence-corrected chi connectivity index (χ3v) is 7.38. The number of rotatable bonds is 6. The van der Waals surface area contributed by atoms with Gasteiger partial charge in [-0.05, 0) is 35.4 Å². The topological polar surface area (TPSA) is 88.5 Å². The maximum Gasteiger partial charge on any atom is 0.266 e. The van der Waals surface area contributed by atoms with Crippen LogP contribution in [0.15, 0.2) is 72.8 Å². The lowest BCUT2D eigenvalue weighted by Gasteiger charge is -2.39. The fraction of sp³-hybridized carbons (Fsp3) is 0.333. The predicted molar refractivity (Wildman–Crippen MR) is 140 cm³/mol. The van der Waals surface area contributed by atoms with Crippen LogP contribution in [0.2, 0.25) is 0 Å². The van der Waals surface area contributed by atoms with Gasteiger partial charge in [0.05, 0.1) is 48.8 Å². The smallest absolute Gasteiger partial charge is 0.266 e. The highest BCUT2D eigenvalue weighted by Gasteiger charge is 2.38. The minimum absolute atomic E-state index is 0.0121. The quantitative estimate of drug-likeness (QED) is 0.500. The van der Waals surface area contributed by atoms with Crippen LogP contribution in [-0.4, -0.2) is 60.8 Å². The third-order valence-electron chi connectivity index (χ3n) is 7.38. The number of anilines is 1. The average molecular weight is 515 g/mol. The van der Waals surface area contributed by atoms with Crippen LogP contribution in [0.5, 0.6) is 0 Å². The van der Waals surface area contributed by atoms with E-state index in [0.29, 0.717) is 36.4 Å². The zero-order chi connectivity index (χ0) is 26.1. The van der Waals surface area contributed by atoms with Crippen LogP contribution < -0.4 is 4.90 Å². The summed E-state index contributed by atoms with van der Waals surface area (Å²) in [5.74, 6) is -0.666. The third kappa shape index (κ3) is 4.89. The first kappa shape index (κ1) is 24.9. The fourth-order valence-electron chi connectivity index (χ4n) is 5.34. The predicted octanol–water partition coefficient (Wildman–Crippen LogP) is 3.86. The van der Waals surface area contributed by atoms with Gasteiger partial charge in [0.2, 0.25) is 0 Å². The zero-order valence-corrected chi connectivity index (χ0v) is 21.0. The van der Waals surface area contributed by atoms with Crippen molar-refractivity contribution in [1.29, 1.82) is 0 Å². The van der Waals surface area contributed by atoms with Gasteiger partial charge in [-0.3, -0.25) is 14.5 Å². The van der Waals surface area contributed by atoms with E-state index in [2.05, 4.69) is 4.90 Å². The summed E-state index contributed by atoms with van der Waals surface area (Å²) in [6.45, 7) is 3.88. The fourth-order valence-corrected chi connectivity index (χ4v) is 5.34. The number of benzene rings is 3. The van der Waals surface area contributed by atoms with Crippen molar-refractivity contribution in [2.45, 2.75) is 31.5 Å². The van der Waals surface area contributed by atoms with Gasteiger partial charge in [0, 0.05) is 31.6 Å². The number of carbonyl (C=O) groups is 2. The summed E-state index contributed by atoms with van der Waals surface area (Å²) in [4.78, 5) is 29.7. The highest BCUT2D eigenvalue weighted by molar-refractivity contribution is 6.34.